The first kappa shape index (κ1) is 16.6. The third kappa shape index (κ3) is 2.74. The minimum absolute atomic E-state index is 0.123. The van der Waals surface area contributed by atoms with Crippen molar-refractivity contribution in [3.63, 3.8) is 0 Å². The molecule has 0 atom stereocenters. The van der Waals surface area contributed by atoms with Crippen molar-refractivity contribution in [2.45, 2.75) is 12.5 Å². The Bertz CT molecular complexity index is 1120. The Labute approximate surface area is 164 Å². The zero-order valence-corrected chi connectivity index (χ0v) is 15.5. The first-order chi connectivity index (χ1) is 13.8. The average molecular weight is 362 g/mol. The summed E-state index contributed by atoms with van der Waals surface area (Å²) < 4.78 is 2.10. The summed E-state index contributed by atoms with van der Waals surface area (Å²) in [6.07, 6.45) is 2.01. The Hall–Kier alpha value is -3.52. The molecule has 0 N–H and O–H groups in total. The maximum Gasteiger partial charge on any atom is 0.227 e. The molecule has 28 heavy (non-hydrogen) atoms. The van der Waals surface area contributed by atoms with Crippen LogP contribution in [0.5, 0.6) is 0 Å². The molecule has 1 aliphatic rings. The zero-order chi connectivity index (χ0) is 18.9. The van der Waals surface area contributed by atoms with Crippen LogP contribution in [0.4, 0.5) is 0 Å². The van der Waals surface area contributed by atoms with Crippen molar-refractivity contribution in [2.75, 3.05) is 0 Å². The average Bonchev–Trinajstić information content (AvgIpc) is 3.09. The molecule has 0 unspecified atom stereocenters. The molecule has 3 aromatic carbocycles. The Kier molecular flexibility index (Phi) is 4.10. The minimum Gasteiger partial charge on any atom is -0.287 e. The highest BCUT2D eigenvalue weighted by atomic mass is 16.1. The maximum atomic E-state index is 12.9. The highest BCUT2D eigenvalue weighted by Gasteiger charge is 2.35. The van der Waals surface area contributed by atoms with Crippen LogP contribution < -0.4 is 4.57 Å². The minimum atomic E-state index is 0.123. The summed E-state index contributed by atoms with van der Waals surface area (Å²) in [5, 5.41) is 0. The normalized spacial score (nSPS) is 12.4. The van der Waals surface area contributed by atoms with Crippen molar-refractivity contribution < 1.29 is 9.36 Å². The molecule has 1 aromatic heterocycles. The van der Waals surface area contributed by atoms with Gasteiger partial charge in [-0.1, -0.05) is 84.9 Å². The van der Waals surface area contributed by atoms with Crippen molar-refractivity contribution in [1.29, 1.82) is 0 Å². The van der Waals surface area contributed by atoms with Gasteiger partial charge in [-0.15, -0.1) is 0 Å². The summed E-state index contributed by atoms with van der Waals surface area (Å²) in [6.45, 7) is 0.334. The number of fused-ring (bicyclic) bond motifs is 3. The van der Waals surface area contributed by atoms with Crippen LogP contribution in [0.25, 0.3) is 11.1 Å². The van der Waals surface area contributed by atoms with E-state index >= 15 is 0 Å². The zero-order valence-electron chi connectivity index (χ0n) is 15.5. The van der Waals surface area contributed by atoms with E-state index in [0.29, 0.717) is 6.54 Å². The highest BCUT2D eigenvalue weighted by Crippen LogP contribution is 2.46. The lowest BCUT2D eigenvalue weighted by molar-refractivity contribution is -0.691. The first-order valence-electron chi connectivity index (χ1n) is 9.58. The van der Waals surface area contributed by atoms with E-state index in [1.807, 2.05) is 42.6 Å². The summed E-state index contributed by atoms with van der Waals surface area (Å²) in [6, 6.07) is 32.9. The number of rotatable bonds is 4. The van der Waals surface area contributed by atoms with Crippen LogP contribution in [0.2, 0.25) is 0 Å². The van der Waals surface area contributed by atoms with Gasteiger partial charge in [0, 0.05) is 17.7 Å². The summed E-state index contributed by atoms with van der Waals surface area (Å²) in [5.41, 5.74) is 7.06. The number of carbonyl (C=O) groups excluding carboxylic acids is 1. The van der Waals surface area contributed by atoms with Crippen LogP contribution in [0.1, 0.15) is 33.1 Å². The number of carbonyl (C=O) groups is 1. The molecule has 5 rings (SSSR count). The highest BCUT2D eigenvalue weighted by molar-refractivity contribution is 5.95. The summed E-state index contributed by atoms with van der Waals surface area (Å²) in [7, 11) is 0. The van der Waals surface area contributed by atoms with Crippen LogP contribution in [0.15, 0.2) is 103 Å². The third-order valence-corrected chi connectivity index (χ3v) is 5.51. The molecule has 0 saturated carbocycles. The number of Topliss-reactive ketones (excluding diaryl/α,β-unsaturated/α-hetero) is 1. The van der Waals surface area contributed by atoms with Gasteiger partial charge in [0.15, 0.2) is 11.9 Å². The van der Waals surface area contributed by atoms with Crippen molar-refractivity contribution in [2.24, 2.45) is 0 Å². The fourth-order valence-corrected chi connectivity index (χ4v) is 4.24. The molecular weight excluding hydrogens is 342 g/mol. The number of benzene rings is 3. The smallest absolute Gasteiger partial charge is 0.227 e. The van der Waals surface area contributed by atoms with E-state index in [1.54, 1.807) is 0 Å². The molecule has 0 fully saturated rings. The predicted molar refractivity (Wildman–Crippen MR) is 110 cm³/mol. The topological polar surface area (TPSA) is 20.9 Å². The van der Waals surface area contributed by atoms with E-state index in [4.69, 9.17) is 0 Å². The molecule has 1 heterocycles. The molecule has 2 nitrogen and oxygen atoms in total. The van der Waals surface area contributed by atoms with Gasteiger partial charge < -0.3 is 0 Å². The van der Waals surface area contributed by atoms with Gasteiger partial charge in [0.1, 0.15) is 0 Å². The Morgan fingerprint density at radius 3 is 1.93 bits per heavy atom. The van der Waals surface area contributed by atoms with Gasteiger partial charge in [-0.3, -0.25) is 4.79 Å². The van der Waals surface area contributed by atoms with Crippen LogP contribution in [-0.2, 0) is 6.54 Å². The molecule has 0 radical (unpaired) electrons. The standard InChI is InChI=1S/C26H20NO/c28-25(19-10-2-1-3-11-19)18-27-17-9-8-16-24(27)26-22-14-6-4-12-20(22)21-13-5-7-15-23(21)26/h1-17,26H,18H2/q+1. The monoisotopic (exact) mass is 362 g/mol. The molecule has 0 saturated heterocycles. The molecule has 2 heteroatoms. The summed E-state index contributed by atoms with van der Waals surface area (Å²) in [4.78, 5) is 12.9. The lowest BCUT2D eigenvalue weighted by atomic mass is 9.92. The SMILES string of the molecule is O=C(C[n+]1ccccc1C1c2ccccc2-c2ccccc21)c1ccccc1. The van der Waals surface area contributed by atoms with Crippen molar-refractivity contribution in [3.05, 3.63) is 126 Å². The summed E-state index contributed by atoms with van der Waals surface area (Å²) >= 11 is 0. The van der Waals surface area contributed by atoms with E-state index in [9.17, 15) is 4.79 Å². The molecule has 1 aliphatic carbocycles. The molecule has 0 amide bonds. The Morgan fingerprint density at radius 1 is 0.679 bits per heavy atom. The van der Waals surface area contributed by atoms with Gasteiger partial charge in [0.05, 0.1) is 5.92 Å². The number of nitrogens with zero attached hydrogens (tertiary/aromatic N) is 1. The van der Waals surface area contributed by atoms with Crippen molar-refractivity contribution in [1.82, 2.24) is 0 Å². The number of hydrogen-bond donors (Lipinski definition) is 0. The fourth-order valence-electron chi connectivity index (χ4n) is 4.24. The second-order valence-electron chi connectivity index (χ2n) is 7.15. The van der Waals surface area contributed by atoms with E-state index in [0.717, 1.165) is 11.3 Å². The van der Waals surface area contributed by atoms with Crippen LogP contribution in [-0.4, -0.2) is 5.78 Å². The van der Waals surface area contributed by atoms with Gasteiger partial charge in [0.2, 0.25) is 12.3 Å². The van der Waals surface area contributed by atoms with E-state index < -0.39 is 0 Å². The summed E-state index contributed by atoms with van der Waals surface area (Å²) in [5.74, 6) is 0.259. The van der Waals surface area contributed by atoms with E-state index in [2.05, 4.69) is 65.2 Å². The lowest BCUT2D eigenvalue weighted by Crippen LogP contribution is -2.42. The quantitative estimate of drug-likeness (QED) is 0.325. The van der Waals surface area contributed by atoms with Gasteiger partial charge >= 0.3 is 0 Å². The maximum absolute atomic E-state index is 12.9. The fraction of sp³-hybridized carbons (Fsp3) is 0.0769. The van der Waals surface area contributed by atoms with Gasteiger partial charge in [-0.25, -0.2) is 0 Å². The molecule has 4 aromatic rings. The molecule has 0 aliphatic heterocycles. The van der Waals surface area contributed by atoms with Crippen LogP contribution >= 0.6 is 0 Å². The van der Waals surface area contributed by atoms with Gasteiger partial charge in [0.25, 0.3) is 0 Å². The number of ketones is 1. The van der Waals surface area contributed by atoms with Gasteiger partial charge in [-0.2, -0.15) is 4.57 Å². The number of aromatic nitrogens is 1. The number of pyridine rings is 1. The third-order valence-electron chi connectivity index (χ3n) is 5.51. The number of hydrogen-bond acceptors (Lipinski definition) is 1. The van der Waals surface area contributed by atoms with Crippen molar-refractivity contribution in [3.8, 4) is 11.1 Å². The first-order valence-corrected chi connectivity index (χ1v) is 9.58. The van der Waals surface area contributed by atoms with Crippen LogP contribution in [0.3, 0.4) is 0 Å². The second kappa shape index (κ2) is 6.90. The molecule has 134 valence electrons. The lowest BCUT2D eigenvalue weighted by Gasteiger charge is -2.13. The largest absolute Gasteiger partial charge is 0.287 e. The Balaban J connectivity index is 1.61. The van der Waals surface area contributed by atoms with E-state index in [-0.39, 0.29) is 11.7 Å². The molecule has 0 bridgehead atoms. The van der Waals surface area contributed by atoms with Gasteiger partial charge in [-0.05, 0) is 22.3 Å². The van der Waals surface area contributed by atoms with Crippen molar-refractivity contribution >= 4 is 5.78 Å². The predicted octanol–water partition coefficient (Wildman–Crippen LogP) is 5.02. The Morgan fingerprint density at radius 2 is 1.25 bits per heavy atom. The second-order valence-corrected chi connectivity index (χ2v) is 7.15. The van der Waals surface area contributed by atoms with Crippen LogP contribution in [0, 0.1) is 0 Å². The van der Waals surface area contributed by atoms with E-state index in [1.165, 1.54) is 22.3 Å². The molecule has 0 spiro atoms. The molecular formula is C26H20NO+.